The third kappa shape index (κ3) is 3.72. The number of halogens is 1. The van der Waals surface area contributed by atoms with Crippen LogP contribution in [-0.2, 0) is 6.54 Å². The van der Waals surface area contributed by atoms with E-state index in [2.05, 4.69) is 5.32 Å². The third-order valence-electron chi connectivity index (χ3n) is 4.42. The van der Waals surface area contributed by atoms with Gasteiger partial charge in [0.1, 0.15) is 5.75 Å². The van der Waals surface area contributed by atoms with Gasteiger partial charge in [-0.05, 0) is 30.3 Å². The second-order valence-corrected chi connectivity index (χ2v) is 7.89. The molecule has 0 atom stereocenters. The van der Waals surface area contributed by atoms with E-state index in [9.17, 15) is 4.79 Å². The smallest absolute Gasteiger partial charge is 0.252 e. The van der Waals surface area contributed by atoms with Crippen molar-refractivity contribution in [1.29, 1.82) is 0 Å². The Kier molecular flexibility index (Phi) is 5.28. The Morgan fingerprint density at radius 2 is 1.89 bits per heavy atom. The number of carbonyl (C=O) groups excluding carboxylic acids is 1. The number of thiophene rings is 1. The Bertz CT molecular complexity index is 1160. The first-order valence-electron chi connectivity index (χ1n) is 8.71. The second-order valence-electron chi connectivity index (χ2n) is 6.17. The first kappa shape index (κ1) is 18.5. The lowest BCUT2D eigenvalue weighted by Crippen LogP contribution is -2.23. The zero-order valence-electron chi connectivity index (χ0n) is 15.1. The van der Waals surface area contributed by atoms with Gasteiger partial charge in [-0.3, -0.25) is 4.79 Å². The number of methoxy groups -OCH3 is 1. The zero-order chi connectivity index (χ0) is 19.5. The largest absolute Gasteiger partial charge is 0.496 e. The van der Waals surface area contributed by atoms with Crippen LogP contribution in [0.1, 0.15) is 15.9 Å². The molecule has 0 saturated heterocycles. The van der Waals surface area contributed by atoms with Crippen molar-refractivity contribution in [3.63, 3.8) is 0 Å². The van der Waals surface area contributed by atoms with Gasteiger partial charge < -0.3 is 10.1 Å². The van der Waals surface area contributed by atoms with E-state index in [1.165, 1.54) is 11.3 Å². The first-order chi connectivity index (χ1) is 13.7. The van der Waals surface area contributed by atoms with E-state index in [0.717, 1.165) is 32.8 Å². The lowest BCUT2D eigenvalue weighted by Gasteiger charge is -2.12. The Morgan fingerprint density at radius 1 is 1.11 bits per heavy atom. The van der Waals surface area contributed by atoms with Crippen LogP contribution in [0.3, 0.4) is 0 Å². The lowest BCUT2D eigenvalue weighted by molar-refractivity contribution is 0.0952. The van der Waals surface area contributed by atoms with Crippen LogP contribution >= 0.6 is 22.9 Å². The van der Waals surface area contributed by atoms with Crippen LogP contribution in [0, 0.1) is 0 Å². The van der Waals surface area contributed by atoms with Gasteiger partial charge in [-0.1, -0.05) is 48.0 Å². The van der Waals surface area contributed by atoms with Crippen molar-refractivity contribution in [2.75, 3.05) is 7.11 Å². The maximum absolute atomic E-state index is 13.0. The minimum Gasteiger partial charge on any atom is -0.496 e. The number of ether oxygens (including phenoxy) is 1. The number of rotatable bonds is 5. The van der Waals surface area contributed by atoms with Crippen LogP contribution in [0.2, 0.25) is 4.34 Å². The summed E-state index contributed by atoms with van der Waals surface area (Å²) in [6.07, 6.45) is 0. The molecular weight excluding hydrogens is 392 g/mol. The number of nitrogens with zero attached hydrogens (tertiary/aromatic N) is 1. The van der Waals surface area contributed by atoms with Crippen molar-refractivity contribution in [1.82, 2.24) is 10.3 Å². The van der Waals surface area contributed by atoms with E-state index < -0.39 is 0 Å². The number of carbonyl (C=O) groups is 1. The van der Waals surface area contributed by atoms with Gasteiger partial charge in [0.15, 0.2) is 0 Å². The molecule has 2 aromatic heterocycles. The summed E-state index contributed by atoms with van der Waals surface area (Å²) < 4.78 is 6.05. The maximum atomic E-state index is 13.0. The molecule has 0 bridgehead atoms. The quantitative estimate of drug-likeness (QED) is 0.470. The summed E-state index contributed by atoms with van der Waals surface area (Å²) >= 11 is 7.52. The number of aromatic nitrogens is 1. The summed E-state index contributed by atoms with van der Waals surface area (Å²) in [5.41, 5.74) is 3.01. The van der Waals surface area contributed by atoms with Crippen LogP contribution in [0.5, 0.6) is 5.75 Å². The Morgan fingerprint density at radius 3 is 2.68 bits per heavy atom. The van der Waals surface area contributed by atoms with Gasteiger partial charge in [0.2, 0.25) is 0 Å². The molecule has 1 N–H and O–H groups in total. The molecule has 28 heavy (non-hydrogen) atoms. The summed E-state index contributed by atoms with van der Waals surface area (Å²) in [6.45, 7) is 0.375. The van der Waals surface area contributed by atoms with Crippen molar-refractivity contribution in [2.24, 2.45) is 0 Å². The van der Waals surface area contributed by atoms with E-state index in [4.69, 9.17) is 21.3 Å². The average Bonchev–Trinajstić information content (AvgIpc) is 3.17. The molecular formula is C22H17ClN2O2S. The molecule has 0 aliphatic rings. The molecule has 2 aromatic carbocycles. The summed E-state index contributed by atoms with van der Waals surface area (Å²) in [4.78, 5) is 18.6. The molecule has 0 aliphatic heterocycles. The van der Waals surface area contributed by atoms with Gasteiger partial charge in [0.25, 0.3) is 5.91 Å². The zero-order valence-corrected chi connectivity index (χ0v) is 16.7. The predicted octanol–water partition coefficient (Wildman–Crippen LogP) is 5.56. The predicted molar refractivity (Wildman–Crippen MR) is 114 cm³/mol. The van der Waals surface area contributed by atoms with Crippen LogP contribution < -0.4 is 10.1 Å². The van der Waals surface area contributed by atoms with Crippen LogP contribution in [0.4, 0.5) is 0 Å². The van der Waals surface area contributed by atoms with Crippen LogP contribution in [0.15, 0.2) is 66.7 Å². The van der Waals surface area contributed by atoms with Gasteiger partial charge in [-0.2, -0.15) is 0 Å². The van der Waals surface area contributed by atoms with Gasteiger partial charge in [-0.25, -0.2) is 4.98 Å². The van der Waals surface area contributed by atoms with Crippen molar-refractivity contribution >= 4 is 39.7 Å². The van der Waals surface area contributed by atoms with Crippen molar-refractivity contribution < 1.29 is 9.53 Å². The van der Waals surface area contributed by atoms with Crippen molar-refractivity contribution in [2.45, 2.75) is 6.54 Å². The normalized spacial score (nSPS) is 10.8. The number of nitrogens with one attached hydrogen (secondary N) is 1. The van der Waals surface area contributed by atoms with Crippen LogP contribution in [0.25, 0.3) is 21.5 Å². The van der Waals surface area contributed by atoms with Gasteiger partial charge >= 0.3 is 0 Å². The van der Waals surface area contributed by atoms with E-state index in [-0.39, 0.29) is 5.91 Å². The maximum Gasteiger partial charge on any atom is 0.252 e. The molecule has 0 fully saturated rings. The molecule has 0 spiro atoms. The fourth-order valence-corrected chi connectivity index (χ4v) is 4.06. The third-order valence-corrected chi connectivity index (χ3v) is 5.67. The monoisotopic (exact) mass is 408 g/mol. The van der Waals surface area contributed by atoms with Gasteiger partial charge in [-0.15, -0.1) is 11.3 Å². The number of fused-ring (bicyclic) bond motifs is 1. The summed E-state index contributed by atoms with van der Waals surface area (Å²) in [5, 5.41) is 3.81. The average molecular weight is 409 g/mol. The number of benzene rings is 2. The Labute approximate surface area is 171 Å². The van der Waals surface area contributed by atoms with E-state index in [1.807, 2.05) is 66.7 Å². The highest BCUT2D eigenvalue weighted by atomic mass is 35.5. The molecule has 140 valence electrons. The number of hydrogen-bond acceptors (Lipinski definition) is 4. The Balaban J connectivity index is 1.69. The highest BCUT2D eigenvalue weighted by Gasteiger charge is 2.15. The van der Waals surface area contributed by atoms with E-state index in [0.29, 0.717) is 16.4 Å². The molecule has 0 radical (unpaired) electrons. The minimum absolute atomic E-state index is 0.159. The number of para-hydroxylation sites is 2. The second kappa shape index (κ2) is 8.00. The standard InChI is InChI=1S/C22H17ClN2O2S/c1-27-19-9-5-2-6-14(19)13-24-22(26)16-12-18(20-10-11-21(23)28-20)25-17-8-4-3-7-15(16)17/h2-12H,13H2,1H3,(H,24,26). The summed E-state index contributed by atoms with van der Waals surface area (Å²) in [6, 6.07) is 20.8. The molecule has 0 unspecified atom stereocenters. The Hall–Kier alpha value is -2.89. The lowest BCUT2D eigenvalue weighted by atomic mass is 10.1. The molecule has 6 heteroatoms. The van der Waals surface area contributed by atoms with E-state index >= 15 is 0 Å². The molecule has 0 aliphatic carbocycles. The van der Waals surface area contributed by atoms with Crippen LogP contribution in [-0.4, -0.2) is 18.0 Å². The fourth-order valence-electron chi connectivity index (χ4n) is 3.06. The molecule has 4 aromatic rings. The topological polar surface area (TPSA) is 51.2 Å². The number of pyridine rings is 1. The summed E-state index contributed by atoms with van der Waals surface area (Å²) in [7, 11) is 1.62. The molecule has 2 heterocycles. The molecule has 4 rings (SSSR count). The van der Waals surface area contributed by atoms with Crippen molar-refractivity contribution in [3.8, 4) is 16.3 Å². The van der Waals surface area contributed by atoms with Crippen molar-refractivity contribution in [3.05, 3.63) is 82.2 Å². The van der Waals surface area contributed by atoms with Gasteiger partial charge in [0.05, 0.1) is 33.1 Å². The fraction of sp³-hybridized carbons (Fsp3) is 0.0909. The van der Waals surface area contributed by atoms with Gasteiger partial charge in [0, 0.05) is 17.5 Å². The summed E-state index contributed by atoms with van der Waals surface area (Å²) in [5.74, 6) is 0.588. The highest BCUT2D eigenvalue weighted by Crippen LogP contribution is 2.32. The molecule has 1 amide bonds. The first-order valence-corrected chi connectivity index (χ1v) is 9.91. The van der Waals surface area contributed by atoms with E-state index in [1.54, 1.807) is 7.11 Å². The minimum atomic E-state index is -0.159. The SMILES string of the molecule is COc1ccccc1CNC(=O)c1cc(-c2ccc(Cl)s2)nc2ccccc12. The molecule has 0 saturated carbocycles. The number of hydrogen-bond donors (Lipinski definition) is 1. The highest BCUT2D eigenvalue weighted by molar-refractivity contribution is 7.19. The number of amides is 1. The molecule has 4 nitrogen and oxygen atoms in total.